The van der Waals surface area contributed by atoms with Crippen LogP contribution in [0.1, 0.15) is 45.4 Å². The Bertz CT molecular complexity index is 271. The first-order valence-electron chi connectivity index (χ1n) is 6.27. The van der Waals surface area contributed by atoms with Crippen LogP contribution in [0, 0.1) is 5.41 Å². The third-order valence-corrected chi connectivity index (χ3v) is 3.73. The summed E-state index contributed by atoms with van der Waals surface area (Å²) in [6.45, 7) is 10.3. The summed E-state index contributed by atoms with van der Waals surface area (Å²) in [5.74, 6) is 0. The van der Waals surface area contributed by atoms with Gasteiger partial charge < -0.3 is 5.32 Å². The maximum atomic E-state index is 3.67. The summed E-state index contributed by atoms with van der Waals surface area (Å²) in [5.41, 5.74) is 0.439. The fraction of sp³-hybridized carbons (Fsp3) is 0.714. The summed E-state index contributed by atoms with van der Waals surface area (Å²) >= 11 is 1.87. The number of rotatable bonds is 6. The highest BCUT2D eigenvalue weighted by Gasteiger charge is 2.12. The van der Waals surface area contributed by atoms with E-state index in [9.17, 15) is 0 Å². The Morgan fingerprint density at radius 3 is 2.62 bits per heavy atom. The zero-order valence-electron chi connectivity index (χ0n) is 11.0. The Balaban J connectivity index is 2.27. The Labute approximate surface area is 104 Å². The van der Waals surface area contributed by atoms with E-state index < -0.39 is 0 Å². The fourth-order valence-corrected chi connectivity index (χ4v) is 2.47. The van der Waals surface area contributed by atoms with E-state index in [1.165, 1.54) is 24.1 Å². The number of hydrogen-bond acceptors (Lipinski definition) is 2. The number of nitrogens with one attached hydrogen (secondary N) is 1. The van der Waals surface area contributed by atoms with Gasteiger partial charge in [0, 0.05) is 10.9 Å². The molecule has 0 fully saturated rings. The van der Waals surface area contributed by atoms with Crippen LogP contribution in [0.2, 0.25) is 0 Å². The monoisotopic (exact) mass is 239 g/mol. The second-order valence-corrected chi connectivity index (χ2v) is 6.69. The first-order valence-corrected chi connectivity index (χ1v) is 7.15. The van der Waals surface area contributed by atoms with Crippen molar-refractivity contribution in [1.82, 2.24) is 5.32 Å². The van der Waals surface area contributed by atoms with Gasteiger partial charge in [-0.25, -0.2) is 0 Å². The van der Waals surface area contributed by atoms with Crippen molar-refractivity contribution in [3.05, 3.63) is 22.4 Å². The molecule has 0 aliphatic carbocycles. The summed E-state index contributed by atoms with van der Waals surface area (Å²) in [7, 11) is 0. The predicted molar refractivity (Wildman–Crippen MR) is 74.2 cm³/mol. The zero-order valence-corrected chi connectivity index (χ0v) is 11.9. The van der Waals surface area contributed by atoms with E-state index in [0.29, 0.717) is 11.5 Å². The van der Waals surface area contributed by atoms with Crippen LogP contribution in [0.25, 0.3) is 0 Å². The van der Waals surface area contributed by atoms with Crippen molar-refractivity contribution in [1.29, 1.82) is 0 Å². The Morgan fingerprint density at radius 2 is 2.12 bits per heavy atom. The van der Waals surface area contributed by atoms with Gasteiger partial charge in [-0.3, -0.25) is 0 Å². The van der Waals surface area contributed by atoms with Gasteiger partial charge in [-0.1, -0.05) is 33.8 Å². The normalized spacial score (nSPS) is 14.0. The van der Waals surface area contributed by atoms with E-state index in [4.69, 9.17) is 0 Å². The maximum absolute atomic E-state index is 3.67. The SMILES string of the molecule is CCC(Cc1cccs1)NCCC(C)(C)C. The minimum absolute atomic E-state index is 0.439. The molecular weight excluding hydrogens is 214 g/mol. The highest BCUT2D eigenvalue weighted by Crippen LogP contribution is 2.18. The largest absolute Gasteiger partial charge is 0.314 e. The molecule has 0 spiro atoms. The van der Waals surface area contributed by atoms with Gasteiger partial charge in [-0.15, -0.1) is 11.3 Å². The Kier molecular flexibility index (Phi) is 5.50. The van der Waals surface area contributed by atoms with Crippen molar-refractivity contribution in [3.8, 4) is 0 Å². The van der Waals surface area contributed by atoms with E-state index in [1.54, 1.807) is 0 Å². The quantitative estimate of drug-likeness (QED) is 0.788. The second-order valence-electron chi connectivity index (χ2n) is 5.65. The molecule has 1 rings (SSSR count). The lowest BCUT2D eigenvalue weighted by Crippen LogP contribution is -2.32. The fourth-order valence-electron chi connectivity index (χ4n) is 1.68. The van der Waals surface area contributed by atoms with Crippen molar-refractivity contribution < 1.29 is 0 Å². The Hall–Kier alpha value is -0.340. The van der Waals surface area contributed by atoms with Crippen LogP contribution < -0.4 is 5.32 Å². The predicted octanol–water partition coefficient (Wildman–Crippen LogP) is 4.10. The van der Waals surface area contributed by atoms with Crippen LogP contribution in [0.5, 0.6) is 0 Å². The molecule has 0 saturated heterocycles. The summed E-state index contributed by atoms with van der Waals surface area (Å²) in [5, 5.41) is 5.83. The highest BCUT2D eigenvalue weighted by molar-refractivity contribution is 7.09. The van der Waals surface area contributed by atoms with Gasteiger partial charge in [-0.2, -0.15) is 0 Å². The first kappa shape index (κ1) is 13.7. The molecule has 1 unspecified atom stereocenters. The smallest absolute Gasteiger partial charge is 0.0113 e. The van der Waals surface area contributed by atoms with Crippen LogP contribution >= 0.6 is 11.3 Å². The molecule has 0 saturated carbocycles. The summed E-state index contributed by atoms with van der Waals surface area (Å²) in [6.07, 6.45) is 3.63. The molecule has 92 valence electrons. The van der Waals surface area contributed by atoms with E-state index in [2.05, 4.69) is 50.5 Å². The molecule has 1 aromatic rings. The second kappa shape index (κ2) is 6.41. The lowest BCUT2D eigenvalue weighted by molar-refractivity contribution is 0.351. The minimum atomic E-state index is 0.439. The average Bonchev–Trinajstić information content (AvgIpc) is 2.67. The lowest BCUT2D eigenvalue weighted by atomic mass is 9.92. The first-order chi connectivity index (χ1) is 7.51. The van der Waals surface area contributed by atoms with Crippen LogP contribution in [-0.4, -0.2) is 12.6 Å². The molecule has 0 aromatic carbocycles. The van der Waals surface area contributed by atoms with Gasteiger partial charge in [0.2, 0.25) is 0 Å². The average molecular weight is 239 g/mol. The molecule has 1 atom stereocenters. The zero-order chi connectivity index (χ0) is 12.0. The third-order valence-electron chi connectivity index (χ3n) is 2.83. The van der Waals surface area contributed by atoms with Crippen molar-refractivity contribution in [3.63, 3.8) is 0 Å². The molecule has 1 N–H and O–H groups in total. The molecule has 1 aromatic heterocycles. The third kappa shape index (κ3) is 5.66. The molecule has 0 aliphatic heterocycles. The summed E-state index contributed by atoms with van der Waals surface area (Å²) < 4.78 is 0. The molecule has 1 heterocycles. The topological polar surface area (TPSA) is 12.0 Å². The molecule has 0 aliphatic rings. The molecule has 1 nitrogen and oxygen atoms in total. The summed E-state index contributed by atoms with van der Waals surface area (Å²) in [4.78, 5) is 1.50. The van der Waals surface area contributed by atoms with Crippen LogP contribution in [-0.2, 0) is 6.42 Å². The van der Waals surface area contributed by atoms with Crippen molar-refractivity contribution in [2.75, 3.05) is 6.54 Å². The summed E-state index contributed by atoms with van der Waals surface area (Å²) in [6, 6.07) is 5.02. The number of thiophene rings is 1. The maximum Gasteiger partial charge on any atom is 0.0113 e. The van der Waals surface area contributed by atoms with Crippen LogP contribution in [0.3, 0.4) is 0 Å². The molecule has 0 amide bonds. The van der Waals surface area contributed by atoms with Gasteiger partial charge in [-0.05, 0) is 42.7 Å². The molecule has 16 heavy (non-hydrogen) atoms. The number of hydrogen-bond donors (Lipinski definition) is 1. The lowest BCUT2D eigenvalue weighted by Gasteiger charge is -2.21. The highest BCUT2D eigenvalue weighted by atomic mass is 32.1. The van der Waals surface area contributed by atoms with Crippen molar-refractivity contribution in [2.45, 2.75) is 53.0 Å². The molecule has 2 heteroatoms. The molecular formula is C14H25NS. The van der Waals surface area contributed by atoms with Crippen LogP contribution in [0.15, 0.2) is 17.5 Å². The van der Waals surface area contributed by atoms with Crippen LogP contribution in [0.4, 0.5) is 0 Å². The van der Waals surface area contributed by atoms with E-state index in [0.717, 1.165) is 6.54 Å². The van der Waals surface area contributed by atoms with Gasteiger partial charge in [0.15, 0.2) is 0 Å². The van der Waals surface area contributed by atoms with E-state index in [-0.39, 0.29) is 0 Å². The van der Waals surface area contributed by atoms with Crippen molar-refractivity contribution >= 4 is 11.3 Å². The van der Waals surface area contributed by atoms with Crippen molar-refractivity contribution in [2.24, 2.45) is 5.41 Å². The van der Waals surface area contributed by atoms with Gasteiger partial charge >= 0.3 is 0 Å². The van der Waals surface area contributed by atoms with Gasteiger partial charge in [0.25, 0.3) is 0 Å². The molecule has 0 bridgehead atoms. The minimum Gasteiger partial charge on any atom is -0.314 e. The van der Waals surface area contributed by atoms with Gasteiger partial charge in [0.1, 0.15) is 0 Å². The van der Waals surface area contributed by atoms with E-state index in [1.807, 2.05) is 11.3 Å². The van der Waals surface area contributed by atoms with E-state index >= 15 is 0 Å². The standard InChI is InChI=1S/C14H25NS/c1-5-12(11-13-7-6-10-16-13)15-9-8-14(2,3)4/h6-7,10,12,15H,5,8-9,11H2,1-4H3. The molecule has 0 radical (unpaired) electrons. The van der Waals surface area contributed by atoms with Gasteiger partial charge in [0.05, 0.1) is 0 Å². The Morgan fingerprint density at radius 1 is 1.38 bits per heavy atom.